The first-order chi connectivity index (χ1) is 16.2. The van der Waals surface area contributed by atoms with Crippen molar-refractivity contribution < 1.29 is 32.6 Å². The van der Waals surface area contributed by atoms with Gasteiger partial charge in [-0.05, 0) is 48.9 Å². The lowest BCUT2D eigenvalue weighted by molar-refractivity contribution is -0.138. The van der Waals surface area contributed by atoms with E-state index in [1.165, 1.54) is 6.07 Å². The van der Waals surface area contributed by atoms with Crippen LogP contribution in [0.5, 0.6) is 5.75 Å². The van der Waals surface area contributed by atoms with Gasteiger partial charge < -0.3 is 15.2 Å². The molecule has 0 saturated heterocycles. The van der Waals surface area contributed by atoms with E-state index in [2.05, 4.69) is 5.32 Å². The summed E-state index contributed by atoms with van der Waals surface area (Å²) in [4.78, 5) is 25.3. The number of carboxylic acid groups (broad SMARTS) is 1. The summed E-state index contributed by atoms with van der Waals surface area (Å²) >= 11 is 0. The van der Waals surface area contributed by atoms with Crippen molar-refractivity contribution in [3.05, 3.63) is 64.7 Å². The fourth-order valence-electron chi connectivity index (χ4n) is 3.89. The fraction of sp³-hybridized carbons (Fsp3) is 0.440. The number of alkyl halides is 3. The van der Waals surface area contributed by atoms with Gasteiger partial charge in [0.15, 0.2) is 0 Å². The summed E-state index contributed by atoms with van der Waals surface area (Å²) in [5.74, 6) is -0.466. The summed E-state index contributed by atoms with van der Waals surface area (Å²) in [6.07, 6.45) is -1.60. The number of aliphatic carboxylic acids is 1. The van der Waals surface area contributed by atoms with Crippen LogP contribution in [0.1, 0.15) is 47.9 Å². The summed E-state index contributed by atoms with van der Waals surface area (Å²) < 4.78 is 45.5. The first-order valence-corrected chi connectivity index (χ1v) is 11.3. The Morgan fingerprint density at radius 3 is 2.65 bits per heavy atom. The normalized spacial score (nSPS) is 16.3. The molecular weight excluding hydrogens is 449 g/mol. The maximum atomic E-state index is 13.2. The van der Waals surface area contributed by atoms with Crippen LogP contribution in [0, 0.1) is 0 Å². The molecule has 0 radical (unpaired) electrons. The topological polar surface area (TPSA) is 78.9 Å². The van der Waals surface area contributed by atoms with E-state index in [1.54, 1.807) is 17.0 Å². The summed E-state index contributed by atoms with van der Waals surface area (Å²) in [5.41, 5.74) is 1.29. The molecule has 2 N–H and O–H groups in total. The molecule has 0 unspecified atom stereocenters. The van der Waals surface area contributed by atoms with Crippen molar-refractivity contribution in [1.29, 1.82) is 0 Å². The number of hydrogen-bond donors (Lipinski definition) is 2. The van der Waals surface area contributed by atoms with Crippen LogP contribution in [0.2, 0.25) is 0 Å². The first-order valence-electron chi connectivity index (χ1n) is 11.3. The van der Waals surface area contributed by atoms with Crippen LogP contribution in [-0.4, -0.2) is 41.6 Å². The number of nitrogens with zero attached hydrogens (tertiary/aromatic N) is 1. The number of fused-ring (bicyclic) bond motifs is 1. The summed E-state index contributed by atoms with van der Waals surface area (Å²) in [6.45, 7) is 1.44. The van der Waals surface area contributed by atoms with E-state index >= 15 is 0 Å². The molecule has 0 aromatic heterocycles. The molecule has 1 amide bonds. The lowest BCUT2D eigenvalue weighted by atomic mass is 10.0. The zero-order valence-electron chi connectivity index (χ0n) is 18.9. The molecule has 0 spiro atoms. The number of ether oxygens (including phenoxy) is 1. The number of halogens is 3. The van der Waals surface area contributed by atoms with Crippen molar-refractivity contribution in [2.24, 2.45) is 0 Å². The number of benzene rings is 2. The summed E-state index contributed by atoms with van der Waals surface area (Å²) in [6, 6.07) is 10.6. The average molecular weight is 479 g/mol. The highest BCUT2D eigenvalue weighted by atomic mass is 19.4. The van der Waals surface area contributed by atoms with Gasteiger partial charge in [-0.25, -0.2) is 0 Å². The molecular formula is C25H29F3N2O4. The van der Waals surface area contributed by atoms with E-state index < -0.39 is 17.7 Å². The SMILES string of the molecule is O=C(O)CCc1ccc2c(c1)CN(Cc1cccc(C(F)(F)F)c1)CC(=O)NCCCCCO2. The van der Waals surface area contributed by atoms with Gasteiger partial charge in [-0.1, -0.05) is 30.3 Å². The predicted molar refractivity (Wildman–Crippen MR) is 120 cm³/mol. The Labute approximate surface area is 196 Å². The fourth-order valence-corrected chi connectivity index (χ4v) is 3.89. The minimum atomic E-state index is -4.45. The van der Waals surface area contributed by atoms with Gasteiger partial charge in [-0.15, -0.1) is 0 Å². The van der Waals surface area contributed by atoms with E-state index in [-0.39, 0.29) is 32.0 Å². The van der Waals surface area contributed by atoms with E-state index in [0.29, 0.717) is 30.9 Å². The summed E-state index contributed by atoms with van der Waals surface area (Å²) in [5, 5.41) is 11.9. The van der Waals surface area contributed by atoms with Crippen LogP contribution < -0.4 is 10.1 Å². The van der Waals surface area contributed by atoms with Crippen LogP contribution in [0.25, 0.3) is 0 Å². The third kappa shape index (κ3) is 8.06. The molecule has 184 valence electrons. The van der Waals surface area contributed by atoms with Crippen LogP contribution in [0.15, 0.2) is 42.5 Å². The molecule has 1 heterocycles. The molecule has 6 nitrogen and oxygen atoms in total. The molecule has 1 aliphatic heterocycles. The second-order valence-corrected chi connectivity index (χ2v) is 8.44. The molecule has 0 saturated carbocycles. The maximum Gasteiger partial charge on any atom is 0.416 e. The van der Waals surface area contributed by atoms with Crippen molar-refractivity contribution in [3.8, 4) is 5.75 Å². The number of hydrogen-bond acceptors (Lipinski definition) is 4. The Balaban J connectivity index is 1.89. The quantitative estimate of drug-likeness (QED) is 0.666. The number of rotatable bonds is 5. The highest BCUT2D eigenvalue weighted by Gasteiger charge is 2.30. The van der Waals surface area contributed by atoms with Crippen molar-refractivity contribution in [2.45, 2.75) is 51.4 Å². The Bertz CT molecular complexity index is 994. The standard InChI is InChI=1S/C25H29F3N2O4/c26-25(27,28)21-6-4-5-19(14-21)15-30-16-20-13-18(8-10-24(32)33)7-9-22(20)34-12-3-1-2-11-29-23(31)17-30/h4-7,9,13-14H,1-3,8,10-12,15-17H2,(H,29,31)(H,32,33). The van der Waals surface area contributed by atoms with Gasteiger partial charge in [0.05, 0.1) is 18.7 Å². The number of aryl methyl sites for hydroxylation is 1. The number of nitrogens with one attached hydrogen (secondary N) is 1. The third-order valence-corrected chi connectivity index (χ3v) is 5.57. The number of carboxylic acids is 1. The molecule has 2 aromatic rings. The number of carbonyl (C=O) groups excluding carboxylic acids is 1. The minimum Gasteiger partial charge on any atom is -0.493 e. The highest BCUT2D eigenvalue weighted by molar-refractivity contribution is 5.78. The molecule has 1 aliphatic rings. The van der Waals surface area contributed by atoms with E-state index in [1.807, 2.05) is 12.1 Å². The predicted octanol–water partition coefficient (Wildman–Crippen LogP) is 4.40. The molecule has 0 atom stereocenters. The molecule has 0 aliphatic carbocycles. The maximum absolute atomic E-state index is 13.2. The molecule has 9 heteroatoms. The molecule has 2 aromatic carbocycles. The van der Waals surface area contributed by atoms with Gasteiger partial charge in [0.1, 0.15) is 5.75 Å². The van der Waals surface area contributed by atoms with Gasteiger partial charge in [-0.2, -0.15) is 13.2 Å². The molecule has 0 bridgehead atoms. The highest BCUT2D eigenvalue weighted by Crippen LogP contribution is 2.30. The Kier molecular flexibility index (Phi) is 8.92. The second-order valence-electron chi connectivity index (χ2n) is 8.44. The minimum absolute atomic E-state index is 0.00897. The van der Waals surface area contributed by atoms with Crippen molar-refractivity contribution in [3.63, 3.8) is 0 Å². The zero-order chi connectivity index (χ0) is 24.6. The van der Waals surface area contributed by atoms with Gasteiger partial charge in [0.25, 0.3) is 0 Å². The largest absolute Gasteiger partial charge is 0.493 e. The molecule has 0 fully saturated rings. The van der Waals surface area contributed by atoms with Gasteiger partial charge in [-0.3, -0.25) is 14.5 Å². The summed E-state index contributed by atoms with van der Waals surface area (Å²) in [7, 11) is 0. The Hall–Kier alpha value is -3.07. The van der Waals surface area contributed by atoms with E-state index in [4.69, 9.17) is 9.84 Å². The van der Waals surface area contributed by atoms with Crippen molar-refractivity contribution >= 4 is 11.9 Å². The monoisotopic (exact) mass is 478 g/mol. The van der Waals surface area contributed by atoms with Crippen LogP contribution in [-0.2, 0) is 35.3 Å². The number of amides is 1. The van der Waals surface area contributed by atoms with Gasteiger partial charge >= 0.3 is 12.1 Å². The third-order valence-electron chi connectivity index (χ3n) is 5.57. The van der Waals surface area contributed by atoms with E-state index in [0.717, 1.165) is 42.5 Å². The van der Waals surface area contributed by atoms with E-state index in [9.17, 15) is 22.8 Å². The van der Waals surface area contributed by atoms with Crippen LogP contribution >= 0.6 is 0 Å². The Morgan fingerprint density at radius 1 is 1.06 bits per heavy atom. The lowest BCUT2D eigenvalue weighted by Crippen LogP contribution is -2.37. The van der Waals surface area contributed by atoms with Gasteiger partial charge in [0, 0.05) is 31.6 Å². The van der Waals surface area contributed by atoms with Crippen molar-refractivity contribution in [2.75, 3.05) is 19.7 Å². The Morgan fingerprint density at radius 2 is 1.88 bits per heavy atom. The molecule has 3 rings (SSSR count). The van der Waals surface area contributed by atoms with Crippen LogP contribution in [0.4, 0.5) is 13.2 Å². The molecule has 34 heavy (non-hydrogen) atoms. The number of carbonyl (C=O) groups is 2. The zero-order valence-corrected chi connectivity index (χ0v) is 18.9. The second kappa shape index (κ2) is 11.9. The first kappa shape index (κ1) is 25.6. The van der Waals surface area contributed by atoms with Crippen molar-refractivity contribution in [1.82, 2.24) is 10.2 Å². The average Bonchev–Trinajstić information content (AvgIpc) is 2.78. The van der Waals surface area contributed by atoms with Crippen LogP contribution in [0.3, 0.4) is 0 Å². The smallest absolute Gasteiger partial charge is 0.416 e. The lowest BCUT2D eigenvalue weighted by Gasteiger charge is -2.24. The van der Waals surface area contributed by atoms with Gasteiger partial charge in [0.2, 0.25) is 5.91 Å².